The molecule has 0 saturated heterocycles. The predicted molar refractivity (Wildman–Crippen MR) is 76.9 cm³/mol. The molecule has 0 aromatic heterocycles. The van der Waals surface area contributed by atoms with Gasteiger partial charge in [0.25, 0.3) is 0 Å². The molecule has 1 aromatic rings. The molecule has 0 aliphatic carbocycles. The first-order valence-electron chi connectivity index (χ1n) is 6.61. The molecule has 3 heteroatoms. The lowest BCUT2D eigenvalue weighted by molar-refractivity contribution is -0.000387. The third-order valence-electron chi connectivity index (χ3n) is 2.98. The van der Waals surface area contributed by atoms with Gasteiger partial charge in [-0.1, -0.05) is 32.4 Å². The van der Waals surface area contributed by atoms with Crippen molar-refractivity contribution in [1.82, 2.24) is 0 Å². The molecule has 0 fully saturated rings. The maximum atomic E-state index is 12.7. The largest absolute Gasteiger partial charge is 0.496 e. The predicted octanol–water partition coefficient (Wildman–Crippen LogP) is 3.64. The Hall–Kier alpha value is -1.35. The third kappa shape index (κ3) is 3.80. The zero-order chi connectivity index (χ0) is 14.6. The Morgan fingerprint density at radius 1 is 1.32 bits per heavy atom. The molecule has 0 aliphatic heterocycles. The highest BCUT2D eigenvalue weighted by molar-refractivity contribution is 6.02. The normalized spacial score (nSPS) is 13.2. The van der Waals surface area contributed by atoms with E-state index in [1.54, 1.807) is 7.11 Å². The second-order valence-corrected chi connectivity index (χ2v) is 5.77. The number of aryl methyl sites for hydroxylation is 1. The lowest BCUT2D eigenvalue weighted by Crippen LogP contribution is -2.37. The summed E-state index contributed by atoms with van der Waals surface area (Å²) in [7, 11) is 1.58. The van der Waals surface area contributed by atoms with Crippen LogP contribution in [0.1, 0.15) is 43.6 Å². The van der Waals surface area contributed by atoms with Gasteiger partial charge < -0.3 is 9.47 Å². The first-order valence-corrected chi connectivity index (χ1v) is 6.61. The van der Waals surface area contributed by atoms with Gasteiger partial charge in [-0.05, 0) is 31.4 Å². The second-order valence-electron chi connectivity index (χ2n) is 5.77. The summed E-state index contributed by atoms with van der Waals surface area (Å²) in [5, 5.41) is 0. The Bertz CT molecular complexity index is 444. The maximum absolute atomic E-state index is 12.7. The molecule has 3 nitrogen and oxygen atoms in total. The average Bonchev–Trinajstić information content (AvgIpc) is 2.33. The molecule has 0 spiro atoms. The summed E-state index contributed by atoms with van der Waals surface area (Å²) in [4.78, 5) is 12.7. The van der Waals surface area contributed by atoms with Crippen LogP contribution in [0.2, 0.25) is 0 Å². The molecule has 1 atom stereocenters. The first kappa shape index (κ1) is 15.7. The summed E-state index contributed by atoms with van der Waals surface area (Å²) in [5.74, 6) is 0.583. The molecule has 0 bridgehead atoms. The van der Waals surface area contributed by atoms with Gasteiger partial charge in [0.05, 0.1) is 12.7 Å². The molecule has 0 amide bonds. The van der Waals surface area contributed by atoms with Crippen LogP contribution in [0.15, 0.2) is 18.2 Å². The average molecular weight is 264 g/mol. The molecule has 19 heavy (non-hydrogen) atoms. The molecule has 1 rings (SSSR count). The van der Waals surface area contributed by atoms with Crippen LogP contribution in [-0.2, 0) is 4.74 Å². The minimum Gasteiger partial charge on any atom is -0.496 e. The smallest absolute Gasteiger partial charge is 0.195 e. The number of Topliss-reactive ketones (excluding diaryl/α,β-unsaturated/α-hetero) is 1. The molecule has 0 heterocycles. The lowest BCUT2D eigenvalue weighted by atomic mass is 9.84. The van der Waals surface area contributed by atoms with Crippen LogP contribution in [0.3, 0.4) is 0 Å². The van der Waals surface area contributed by atoms with Gasteiger partial charge in [-0.2, -0.15) is 0 Å². The van der Waals surface area contributed by atoms with Crippen LogP contribution < -0.4 is 4.74 Å². The first-order chi connectivity index (χ1) is 8.81. The molecule has 0 saturated carbocycles. The van der Waals surface area contributed by atoms with Gasteiger partial charge in [0.1, 0.15) is 11.9 Å². The maximum Gasteiger partial charge on any atom is 0.195 e. The van der Waals surface area contributed by atoms with E-state index < -0.39 is 6.10 Å². The zero-order valence-corrected chi connectivity index (χ0v) is 12.7. The summed E-state index contributed by atoms with van der Waals surface area (Å²) in [5.41, 5.74) is 1.38. The van der Waals surface area contributed by atoms with Gasteiger partial charge in [-0.25, -0.2) is 0 Å². The fourth-order valence-electron chi connectivity index (χ4n) is 2.04. The number of ether oxygens (including phenoxy) is 2. The van der Waals surface area contributed by atoms with Gasteiger partial charge in [-0.3, -0.25) is 4.79 Å². The Labute approximate surface area is 115 Å². The number of benzene rings is 1. The number of hydrogen-bond donors (Lipinski definition) is 0. The Morgan fingerprint density at radius 2 is 1.95 bits per heavy atom. The molecule has 106 valence electrons. The van der Waals surface area contributed by atoms with E-state index in [9.17, 15) is 4.79 Å². The Balaban J connectivity index is 3.19. The van der Waals surface area contributed by atoms with E-state index in [1.807, 2.05) is 52.8 Å². The summed E-state index contributed by atoms with van der Waals surface area (Å²) in [6, 6.07) is 5.62. The highest BCUT2D eigenvalue weighted by Crippen LogP contribution is 2.29. The van der Waals surface area contributed by atoms with E-state index in [2.05, 4.69) is 0 Å². The van der Waals surface area contributed by atoms with Crippen molar-refractivity contribution in [2.75, 3.05) is 13.7 Å². The standard InChI is InChI=1S/C16H24O3/c1-7-19-15(16(3,4)5)14(17)12-10-11(2)8-9-13(12)18-6/h8-10,15H,7H2,1-6H3. The van der Waals surface area contributed by atoms with Crippen molar-refractivity contribution in [3.05, 3.63) is 29.3 Å². The van der Waals surface area contributed by atoms with Crippen molar-refractivity contribution >= 4 is 5.78 Å². The molecule has 1 unspecified atom stereocenters. The van der Waals surface area contributed by atoms with Crippen molar-refractivity contribution in [1.29, 1.82) is 0 Å². The monoisotopic (exact) mass is 264 g/mol. The van der Waals surface area contributed by atoms with Crippen molar-refractivity contribution < 1.29 is 14.3 Å². The zero-order valence-electron chi connectivity index (χ0n) is 12.7. The van der Waals surface area contributed by atoms with Crippen molar-refractivity contribution in [3.63, 3.8) is 0 Å². The number of hydrogen-bond acceptors (Lipinski definition) is 3. The molecule has 0 N–H and O–H groups in total. The highest BCUT2D eigenvalue weighted by atomic mass is 16.5. The van der Waals surface area contributed by atoms with Gasteiger partial charge in [-0.15, -0.1) is 0 Å². The number of carbonyl (C=O) groups is 1. The van der Waals surface area contributed by atoms with E-state index in [0.29, 0.717) is 17.9 Å². The fraction of sp³-hybridized carbons (Fsp3) is 0.562. The Kier molecular flexibility index (Phi) is 5.12. The minimum atomic E-state index is -0.465. The summed E-state index contributed by atoms with van der Waals surface area (Å²) in [6.07, 6.45) is -0.465. The topological polar surface area (TPSA) is 35.5 Å². The van der Waals surface area contributed by atoms with Crippen LogP contribution >= 0.6 is 0 Å². The molecular formula is C16H24O3. The van der Waals surface area contributed by atoms with Crippen LogP contribution in [-0.4, -0.2) is 25.6 Å². The highest BCUT2D eigenvalue weighted by Gasteiger charge is 2.33. The van der Waals surface area contributed by atoms with Crippen LogP contribution in [0, 0.1) is 12.3 Å². The number of methoxy groups -OCH3 is 1. The SMILES string of the molecule is CCOC(C(=O)c1cc(C)ccc1OC)C(C)(C)C. The van der Waals surface area contributed by atoms with Crippen LogP contribution in [0.5, 0.6) is 5.75 Å². The Morgan fingerprint density at radius 3 is 2.42 bits per heavy atom. The molecular weight excluding hydrogens is 240 g/mol. The van der Waals surface area contributed by atoms with Crippen molar-refractivity contribution in [2.45, 2.75) is 40.7 Å². The number of rotatable bonds is 5. The van der Waals surface area contributed by atoms with Crippen LogP contribution in [0.4, 0.5) is 0 Å². The van der Waals surface area contributed by atoms with Gasteiger partial charge in [0.15, 0.2) is 5.78 Å². The van der Waals surface area contributed by atoms with Gasteiger partial charge >= 0.3 is 0 Å². The number of carbonyl (C=O) groups excluding carboxylic acids is 1. The summed E-state index contributed by atoms with van der Waals surface area (Å²) >= 11 is 0. The summed E-state index contributed by atoms with van der Waals surface area (Å²) in [6.45, 7) is 10.4. The van der Waals surface area contributed by atoms with Crippen LogP contribution in [0.25, 0.3) is 0 Å². The minimum absolute atomic E-state index is 0.0186. The quantitative estimate of drug-likeness (QED) is 0.762. The second kappa shape index (κ2) is 6.20. The lowest BCUT2D eigenvalue weighted by Gasteiger charge is -2.29. The fourth-order valence-corrected chi connectivity index (χ4v) is 2.04. The van der Waals surface area contributed by atoms with E-state index in [-0.39, 0.29) is 11.2 Å². The molecule has 1 aromatic carbocycles. The van der Waals surface area contributed by atoms with E-state index in [0.717, 1.165) is 5.56 Å². The van der Waals surface area contributed by atoms with E-state index in [1.165, 1.54) is 0 Å². The third-order valence-corrected chi connectivity index (χ3v) is 2.98. The van der Waals surface area contributed by atoms with Gasteiger partial charge in [0, 0.05) is 6.61 Å². The molecule has 0 aliphatic rings. The number of ketones is 1. The molecule has 0 radical (unpaired) electrons. The van der Waals surface area contributed by atoms with E-state index in [4.69, 9.17) is 9.47 Å². The summed E-state index contributed by atoms with van der Waals surface area (Å²) < 4.78 is 10.9. The van der Waals surface area contributed by atoms with Gasteiger partial charge in [0.2, 0.25) is 0 Å². The van der Waals surface area contributed by atoms with Crippen molar-refractivity contribution in [2.24, 2.45) is 5.41 Å². The van der Waals surface area contributed by atoms with E-state index >= 15 is 0 Å². The van der Waals surface area contributed by atoms with Crippen molar-refractivity contribution in [3.8, 4) is 5.75 Å².